The highest BCUT2D eigenvalue weighted by molar-refractivity contribution is 4.93. The molecule has 0 spiro atoms. The maximum absolute atomic E-state index is 2.83. The first kappa shape index (κ1) is 13.8. The van der Waals surface area contributed by atoms with Crippen molar-refractivity contribution in [1.82, 2.24) is 14.7 Å². The van der Waals surface area contributed by atoms with Gasteiger partial charge in [-0.1, -0.05) is 13.3 Å². The van der Waals surface area contributed by atoms with E-state index in [0.29, 0.717) is 0 Å². The van der Waals surface area contributed by atoms with Gasteiger partial charge in [0.05, 0.1) is 0 Å². The van der Waals surface area contributed by atoms with Gasteiger partial charge < -0.3 is 4.90 Å². The van der Waals surface area contributed by atoms with Gasteiger partial charge in [-0.15, -0.1) is 0 Å². The normalized spacial score (nSPS) is 38.5. The van der Waals surface area contributed by atoms with E-state index in [1.807, 2.05) is 0 Å². The second kappa shape index (κ2) is 6.11. The molecule has 3 heterocycles. The van der Waals surface area contributed by atoms with E-state index in [1.165, 1.54) is 71.2 Å². The fraction of sp³-hybridized carbons (Fsp3) is 1.00. The number of fused-ring (bicyclic) bond motifs is 1. The Morgan fingerprint density at radius 1 is 0.947 bits per heavy atom. The quantitative estimate of drug-likeness (QED) is 0.773. The fourth-order valence-electron chi connectivity index (χ4n) is 4.40. The predicted octanol–water partition coefficient (Wildman–Crippen LogP) is 2.03. The van der Waals surface area contributed by atoms with Crippen LogP contribution in [0.1, 0.15) is 45.4 Å². The van der Waals surface area contributed by atoms with E-state index >= 15 is 0 Å². The van der Waals surface area contributed by atoms with Gasteiger partial charge >= 0.3 is 0 Å². The summed E-state index contributed by atoms with van der Waals surface area (Å²) in [5.74, 6) is 0. The molecule has 19 heavy (non-hydrogen) atoms. The molecule has 3 atom stereocenters. The monoisotopic (exact) mass is 265 g/mol. The van der Waals surface area contributed by atoms with E-state index in [2.05, 4.69) is 28.7 Å². The van der Waals surface area contributed by atoms with Crippen molar-refractivity contribution in [2.45, 2.75) is 63.6 Å². The molecule has 3 aliphatic rings. The Hall–Kier alpha value is -0.120. The molecule has 3 saturated heterocycles. The van der Waals surface area contributed by atoms with E-state index in [9.17, 15) is 0 Å². The average molecular weight is 265 g/mol. The van der Waals surface area contributed by atoms with Crippen LogP contribution < -0.4 is 0 Å². The van der Waals surface area contributed by atoms with Crippen molar-refractivity contribution in [1.29, 1.82) is 0 Å². The topological polar surface area (TPSA) is 9.72 Å². The summed E-state index contributed by atoms with van der Waals surface area (Å²) in [5, 5.41) is 0. The first-order chi connectivity index (χ1) is 9.28. The molecule has 110 valence electrons. The lowest BCUT2D eigenvalue weighted by molar-refractivity contribution is 0.0233. The van der Waals surface area contributed by atoms with Gasteiger partial charge in [0.1, 0.15) is 0 Å². The number of nitrogens with zero attached hydrogens (tertiary/aromatic N) is 3. The van der Waals surface area contributed by atoms with Crippen LogP contribution in [0.4, 0.5) is 0 Å². The van der Waals surface area contributed by atoms with Crippen LogP contribution >= 0.6 is 0 Å². The summed E-state index contributed by atoms with van der Waals surface area (Å²) in [4.78, 5) is 8.20. The molecule has 0 bridgehead atoms. The van der Waals surface area contributed by atoms with Gasteiger partial charge in [-0.3, -0.25) is 9.80 Å². The lowest BCUT2D eigenvalue weighted by Crippen LogP contribution is -2.58. The zero-order valence-corrected chi connectivity index (χ0v) is 12.9. The van der Waals surface area contributed by atoms with E-state index in [1.54, 1.807) is 0 Å². The van der Waals surface area contributed by atoms with Gasteiger partial charge in [0, 0.05) is 37.8 Å². The highest BCUT2D eigenvalue weighted by Crippen LogP contribution is 2.27. The number of hydrogen-bond donors (Lipinski definition) is 0. The molecule has 0 aromatic heterocycles. The molecule has 0 aromatic rings. The zero-order chi connectivity index (χ0) is 13.2. The molecule has 0 amide bonds. The zero-order valence-electron chi connectivity index (χ0n) is 12.9. The molecule has 3 fully saturated rings. The molecular weight excluding hydrogens is 234 g/mol. The van der Waals surface area contributed by atoms with Crippen molar-refractivity contribution in [3.05, 3.63) is 0 Å². The molecule has 0 aromatic carbocycles. The number of likely N-dealkylation sites (N-methyl/N-ethyl adjacent to an activating group) is 1. The van der Waals surface area contributed by atoms with Crippen LogP contribution in [-0.2, 0) is 0 Å². The first-order valence-corrected chi connectivity index (χ1v) is 8.46. The predicted molar refractivity (Wildman–Crippen MR) is 80.5 cm³/mol. The standard InChI is InChI=1S/C16H31N3/c1-3-14-11-18-10-6-8-16(18)13-19(14)12-15-7-4-5-9-17(15)2/h14-16H,3-13H2,1-2H3. The third kappa shape index (κ3) is 2.98. The minimum Gasteiger partial charge on any atom is -0.302 e. The molecule has 3 rings (SSSR count). The third-order valence-electron chi connectivity index (χ3n) is 5.74. The Labute approximate surface area is 118 Å². The number of piperidine rings is 1. The smallest absolute Gasteiger partial charge is 0.0224 e. The average Bonchev–Trinajstić information content (AvgIpc) is 2.87. The fourth-order valence-corrected chi connectivity index (χ4v) is 4.40. The largest absolute Gasteiger partial charge is 0.302 e. The third-order valence-corrected chi connectivity index (χ3v) is 5.74. The minimum absolute atomic E-state index is 0.810. The van der Waals surface area contributed by atoms with E-state index in [0.717, 1.165) is 18.1 Å². The lowest BCUT2D eigenvalue weighted by atomic mass is 9.99. The Kier molecular flexibility index (Phi) is 4.45. The lowest BCUT2D eigenvalue weighted by Gasteiger charge is -2.46. The van der Waals surface area contributed by atoms with Crippen LogP contribution in [0, 0.1) is 0 Å². The Balaban J connectivity index is 1.61. The molecule has 0 saturated carbocycles. The van der Waals surface area contributed by atoms with Gasteiger partial charge in [0.2, 0.25) is 0 Å². The van der Waals surface area contributed by atoms with Gasteiger partial charge in [0.25, 0.3) is 0 Å². The first-order valence-electron chi connectivity index (χ1n) is 8.46. The summed E-state index contributed by atoms with van der Waals surface area (Å²) >= 11 is 0. The molecule has 3 unspecified atom stereocenters. The van der Waals surface area contributed by atoms with Gasteiger partial charge in [0.15, 0.2) is 0 Å². The molecule has 0 aliphatic carbocycles. The van der Waals surface area contributed by atoms with Crippen molar-refractivity contribution in [3.63, 3.8) is 0 Å². The van der Waals surface area contributed by atoms with Crippen molar-refractivity contribution < 1.29 is 0 Å². The maximum atomic E-state index is 2.83. The second-order valence-electron chi connectivity index (χ2n) is 6.94. The highest BCUT2D eigenvalue weighted by Gasteiger charge is 2.36. The number of likely N-dealkylation sites (tertiary alicyclic amines) is 1. The number of piperazine rings is 1. The SMILES string of the molecule is CCC1CN2CCCC2CN1CC1CCCCN1C. The molecule has 0 radical (unpaired) electrons. The Morgan fingerprint density at radius 2 is 1.84 bits per heavy atom. The van der Waals surface area contributed by atoms with E-state index < -0.39 is 0 Å². The van der Waals surface area contributed by atoms with Crippen LogP contribution in [0.5, 0.6) is 0 Å². The van der Waals surface area contributed by atoms with Crippen LogP contribution in [0.15, 0.2) is 0 Å². The molecule has 0 N–H and O–H groups in total. The van der Waals surface area contributed by atoms with E-state index in [4.69, 9.17) is 0 Å². The summed E-state index contributed by atoms with van der Waals surface area (Å²) in [6.45, 7) is 9.03. The minimum atomic E-state index is 0.810. The molecule has 3 heteroatoms. The molecule has 3 nitrogen and oxygen atoms in total. The van der Waals surface area contributed by atoms with Crippen molar-refractivity contribution in [2.24, 2.45) is 0 Å². The number of rotatable bonds is 3. The maximum Gasteiger partial charge on any atom is 0.0224 e. The summed E-state index contributed by atoms with van der Waals surface area (Å²) in [5.41, 5.74) is 0. The van der Waals surface area contributed by atoms with Crippen LogP contribution in [-0.4, -0.2) is 72.6 Å². The molecular formula is C16H31N3. The van der Waals surface area contributed by atoms with Gasteiger partial charge in [-0.25, -0.2) is 0 Å². The van der Waals surface area contributed by atoms with Crippen LogP contribution in [0.3, 0.4) is 0 Å². The number of hydrogen-bond acceptors (Lipinski definition) is 3. The Bertz CT molecular complexity index is 294. The molecule has 3 aliphatic heterocycles. The second-order valence-corrected chi connectivity index (χ2v) is 6.94. The summed E-state index contributed by atoms with van der Waals surface area (Å²) in [6.07, 6.45) is 8.44. The summed E-state index contributed by atoms with van der Waals surface area (Å²) < 4.78 is 0. The van der Waals surface area contributed by atoms with Gasteiger partial charge in [-0.2, -0.15) is 0 Å². The van der Waals surface area contributed by atoms with Crippen LogP contribution in [0.2, 0.25) is 0 Å². The van der Waals surface area contributed by atoms with Crippen molar-refractivity contribution in [2.75, 3.05) is 39.8 Å². The van der Waals surface area contributed by atoms with Crippen LogP contribution in [0.25, 0.3) is 0 Å². The van der Waals surface area contributed by atoms with E-state index in [-0.39, 0.29) is 0 Å². The highest BCUT2D eigenvalue weighted by atomic mass is 15.3. The van der Waals surface area contributed by atoms with Gasteiger partial charge in [-0.05, 0) is 52.2 Å². The summed E-state index contributed by atoms with van der Waals surface area (Å²) in [6, 6.07) is 2.50. The summed E-state index contributed by atoms with van der Waals surface area (Å²) in [7, 11) is 2.33. The Morgan fingerprint density at radius 3 is 2.63 bits per heavy atom. The van der Waals surface area contributed by atoms with Crippen molar-refractivity contribution in [3.8, 4) is 0 Å². The van der Waals surface area contributed by atoms with Crippen molar-refractivity contribution >= 4 is 0 Å².